The fourth-order valence-electron chi connectivity index (χ4n) is 2.50. The van der Waals surface area contributed by atoms with Crippen molar-refractivity contribution in [2.75, 3.05) is 7.11 Å². The second-order valence-corrected chi connectivity index (χ2v) is 4.95. The van der Waals surface area contributed by atoms with E-state index < -0.39 is 0 Å². The van der Waals surface area contributed by atoms with Crippen LogP contribution < -0.4 is 0 Å². The summed E-state index contributed by atoms with van der Waals surface area (Å²) in [6.07, 6.45) is 1.72. The number of benzene rings is 1. The molecule has 2 aromatic rings. The molecule has 110 valence electrons. The number of aryl methyl sites for hydroxylation is 2. The first-order valence-electron chi connectivity index (χ1n) is 6.92. The van der Waals surface area contributed by atoms with Gasteiger partial charge >= 0.3 is 5.97 Å². The van der Waals surface area contributed by atoms with Gasteiger partial charge in [0.25, 0.3) is 0 Å². The molecule has 0 amide bonds. The van der Waals surface area contributed by atoms with E-state index >= 15 is 0 Å². The number of rotatable bonds is 5. The van der Waals surface area contributed by atoms with Crippen molar-refractivity contribution in [1.82, 2.24) is 4.57 Å². The van der Waals surface area contributed by atoms with Crippen LogP contribution in [-0.2, 0) is 17.7 Å². The van der Waals surface area contributed by atoms with Crippen LogP contribution in [0, 0.1) is 6.92 Å². The summed E-state index contributed by atoms with van der Waals surface area (Å²) >= 11 is 0. The van der Waals surface area contributed by atoms with Crippen LogP contribution in [0.15, 0.2) is 30.3 Å². The Balaban J connectivity index is 2.36. The van der Waals surface area contributed by atoms with Crippen LogP contribution in [0.2, 0.25) is 0 Å². The summed E-state index contributed by atoms with van der Waals surface area (Å²) in [6.45, 7) is 4.57. The molecule has 4 nitrogen and oxygen atoms in total. The number of hydrogen-bond donors (Lipinski definition) is 0. The SMILES string of the molecule is CCc1cc(C)n(Cc2cccc(C(=O)OC)c2)c1C=O. The lowest BCUT2D eigenvalue weighted by atomic mass is 10.1. The predicted molar refractivity (Wildman–Crippen MR) is 80.8 cm³/mol. The number of ether oxygens (including phenoxy) is 1. The van der Waals surface area contributed by atoms with Gasteiger partial charge in [0, 0.05) is 12.2 Å². The number of aldehydes is 1. The molecule has 0 aliphatic rings. The van der Waals surface area contributed by atoms with Gasteiger partial charge in [-0.15, -0.1) is 0 Å². The zero-order valence-electron chi connectivity index (χ0n) is 12.6. The lowest BCUT2D eigenvalue weighted by molar-refractivity contribution is 0.0600. The molecule has 0 radical (unpaired) electrons. The average Bonchev–Trinajstić information content (AvgIpc) is 2.82. The highest BCUT2D eigenvalue weighted by Crippen LogP contribution is 2.18. The average molecular weight is 285 g/mol. The van der Waals surface area contributed by atoms with E-state index in [1.54, 1.807) is 12.1 Å². The third-order valence-electron chi connectivity index (χ3n) is 3.61. The first kappa shape index (κ1) is 15.0. The van der Waals surface area contributed by atoms with Crippen molar-refractivity contribution in [1.29, 1.82) is 0 Å². The third kappa shape index (κ3) is 3.05. The maximum atomic E-state index is 11.6. The van der Waals surface area contributed by atoms with E-state index in [4.69, 9.17) is 4.74 Å². The van der Waals surface area contributed by atoms with E-state index in [1.165, 1.54) is 7.11 Å². The van der Waals surface area contributed by atoms with Gasteiger partial charge in [0.05, 0.1) is 18.4 Å². The monoisotopic (exact) mass is 285 g/mol. The van der Waals surface area contributed by atoms with E-state index in [0.29, 0.717) is 17.8 Å². The molecule has 21 heavy (non-hydrogen) atoms. The molecule has 0 bridgehead atoms. The quantitative estimate of drug-likeness (QED) is 0.626. The van der Waals surface area contributed by atoms with Crippen molar-refractivity contribution >= 4 is 12.3 Å². The van der Waals surface area contributed by atoms with Crippen molar-refractivity contribution in [2.45, 2.75) is 26.8 Å². The Hall–Kier alpha value is -2.36. The summed E-state index contributed by atoms with van der Waals surface area (Å²) in [6, 6.07) is 9.31. The number of methoxy groups -OCH3 is 1. The Morgan fingerprint density at radius 2 is 2.10 bits per heavy atom. The molecule has 0 N–H and O–H groups in total. The maximum absolute atomic E-state index is 11.6. The smallest absolute Gasteiger partial charge is 0.337 e. The minimum Gasteiger partial charge on any atom is -0.465 e. The highest BCUT2D eigenvalue weighted by Gasteiger charge is 2.12. The zero-order valence-corrected chi connectivity index (χ0v) is 12.6. The summed E-state index contributed by atoms with van der Waals surface area (Å²) in [5.41, 5.74) is 4.27. The summed E-state index contributed by atoms with van der Waals surface area (Å²) in [7, 11) is 1.36. The summed E-state index contributed by atoms with van der Waals surface area (Å²) in [5, 5.41) is 0. The molecule has 0 saturated carbocycles. The van der Waals surface area contributed by atoms with E-state index in [1.807, 2.05) is 36.6 Å². The van der Waals surface area contributed by atoms with Gasteiger partial charge in [-0.05, 0) is 42.7 Å². The lowest BCUT2D eigenvalue weighted by Gasteiger charge is -2.10. The molecule has 2 rings (SSSR count). The van der Waals surface area contributed by atoms with Gasteiger partial charge < -0.3 is 9.30 Å². The first-order chi connectivity index (χ1) is 10.1. The van der Waals surface area contributed by atoms with Crippen LogP contribution in [0.4, 0.5) is 0 Å². The molecule has 0 aliphatic heterocycles. The lowest BCUT2D eigenvalue weighted by Crippen LogP contribution is -2.08. The Morgan fingerprint density at radius 3 is 2.71 bits per heavy atom. The fraction of sp³-hybridized carbons (Fsp3) is 0.294. The maximum Gasteiger partial charge on any atom is 0.337 e. The molecular formula is C17H19NO3. The second-order valence-electron chi connectivity index (χ2n) is 4.95. The number of carbonyl (C=O) groups is 2. The molecule has 1 heterocycles. The highest BCUT2D eigenvalue weighted by molar-refractivity contribution is 5.89. The van der Waals surface area contributed by atoms with Gasteiger partial charge in [-0.2, -0.15) is 0 Å². The topological polar surface area (TPSA) is 48.3 Å². The van der Waals surface area contributed by atoms with Gasteiger partial charge in [0.2, 0.25) is 0 Å². The Morgan fingerprint density at radius 1 is 1.33 bits per heavy atom. The first-order valence-corrected chi connectivity index (χ1v) is 6.92. The van der Waals surface area contributed by atoms with E-state index in [0.717, 1.165) is 29.5 Å². The summed E-state index contributed by atoms with van der Waals surface area (Å²) in [5.74, 6) is -0.356. The standard InChI is InChI=1S/C17H19NO3/c1-4-14-8-12(2)18(16(14)11-19)10-13-6-5-7-15(9-13)17(20)21-3/h5-9,11H,4,10H2,1-3H3. The third-order valence-corrected chi connectivity index (χ3v) is 3.61. The highest BCUT2D eigenvalue weighted by atomic mass is 16.5. The largest absolute Gasteiger partial charge is 0.465 e. The summed E-state index contributed by atoms with van der Waals surface area (Å²) < 4.78 is 6.70. The van der Waals surface area contributed by atoms with Crippen molar-refractivity contribution < 1.29 is 14.3 Å². The number of esters is 1. The van der Waals surface area contributed by atoms with Crippen molar-refractivity contribution in [3.63, 3.8) is 0 Å². The second kappa shape index (κ2) is 6.39. The molecule has 1 aromatic carbocycles. The molecule has 0 atom stereocenters. The van der Waals surface area contributed by atoms with E-state index in [2.05, 4.69) is 0 Å². The van der Waals surface area contributed by atoms with Crippen LogP contribution >= 0.6 is 0 Å². The molecular weight excluding hydrogens is 266 g/mol. The van der Waals surface area contributed by atoms with E-state index in [9.17, 15) is 9.59 Å². The van der Waals surface area contributed by atoms with Crippen LogP contribution in [0.3, 0.4) is 0 Å². The van der Waals surface area contributed by atoms with Gasteiger partial charge in [-0.1, -0.05) is 19.1 Å². The molecule has 0 aliphatic carbocycles. The number of carbonyl (C=O) groups excluding carboxylic acids is 2. The molecule has 0 spiro atoms. The Kier molecular flexibility index (Phi) is 4.58. The van der Waals surface area contributed by atoms with Crippen LogP contribution in [0.5, 0.6) is 0 Å². The summed E-state index contributed by atoms with van der Waals surface area (Å²) in [4.78, 5) is 22.9. The minimum atomic E-state index is -0.356. The number of aromatic nitrogens is 1. The Labute approximate surface area is 124 Å². The van der Waals surface area contributed by atoms with Crippen molar-refractivity contribution in [2.24, 2.45) is 0 Å². The van der Waals surface area contributed by atoms with Gasteiger partial charge in [0.15, 0.2) is 6.29 Å². The molecule has 0 unspecified atom stereocenters. The van der Waals surface area contributed by atoms with Crippen LogP contribution in [0.1, 0.15) is 44.6 Å². The number of hydrogen-bond acceptors (Lipinski definition) is 3. The molecule has 1 aromatic heterocycles. The van der Waals surface area contributed by atoms with E-state index in [-0.39, 0.29) is 5.97 Å². The minimum absolute atomic E-state index is 0.356. The Bertz CT molecular complexity index is 671. The van der Waals surface area contributed by atoms with Crippen LogP contribution in [0.25, 0.3) is 0 Å². The van der Waals surface area contributed by atoms with Gasteiger partial charge in [-0.25, -0.2) is 4.79 Å². The zero-order chi connectivity index (χ0) is 15.4. The van der Waals surface area contributed by atoms with Crippen LogP contribution in [-0.4, -0.2) is 23.9 Å². The van der Waals surface area contributed by atoms with Crippen molar-refractivity contribution in [3.8, 4) is 0 Å². The molecule has 0 fully saturated rings. The predicted octanol–water partition coefficient (Wildman–Crippen LogP) is 3.01. The number of nitrogens with zero attached hydrogens (tertiary/aromatic N) is 1. The fourth-order valence-corrected chi connectivity index (χ4v) is 2.50. The van der Waals surface area contributed by atoms with Gasteiger partial charge in [0.1, 0.15) is 0 Å². The van der Waals surface area contributed by atoms with Gasteiger partial charge in [-0.3, -0.25) is 4.79 Å². The van der Waals surface area contributed by atoms with Crippen molar-refractivity contribution in [3.05, 3.63) is 58.4 Å². The molecule has 4 heteroatoms. The molecule has 0 saturated heterocycles. The normalized spacial score (nSPS) is 10.4.